The summed E-state index contributed by atoms with van der Waals surface area (Å²) in [5, 5.41) is 19.2. The fourth-order valence-corrected chi connectivity index (χ4v) is 1.95. The Morgan fingerprint density at radius 3 is 2.35 bits per heavy atom. The molecule has 0 unspecified atom stereocenters. The second-order valence-electron chi connectivity index (χ2n) is 3.81. The zero-order valence-electron chi connectivity index (χ0n) is 9.10. The maximum absolute atomic E-state index is 11.1. The molecule has 2 N–H and O–H groups in total. The number of hydrogen-bond acceptors (Lipinski definition) is 2. The summed E-state index contributed by atoms with van der Waals surface area (Å²) in [7, 11) is 0. The average molecular weight is 230 g/mol. The quantitative estimate of drug-likeness (QED) is 0.831. The van der Waals surface area contributed by atoms with Crippen molar-refractivity contribution < 1.29 is 19.8 Å². The van der Waals surface area contributed by atoms with Gasteiger partial charge in [-0.15, -0.1) is 0 Å². The number of rotatable bonds is 2. The summed E-state index contributed by atoms with van der Waals surface area (Å²) in [6.45, 7) is 1.71. The van der Waals surface area contributed by atoms with Crippen molar-refractivity contribution in [3.63, 3.8) is 0 Å². The van der Waals surface area contributed by atoms with Crippen LogP contribution < -0.4 is 0 Å². The molecule has 0 spiro atoms. The Bertz CT molecular complexity index is 629. The average Bonchev–Trinajstić information content (AvgIpc) is 2.27. The second kappa shape index (κ2) is 3.90. The van der Waals surface area contributed by atoms with Crippen LogP contribution in [0.5, 0.6) is 0 Å². The standard InChI is InChI=1S/C13H10O4/c1-7-5-9(12(14)15)6-8-3-2-4-10(11(7)8)13(16)17/h2-6H,1H3,(H,14,15)(H,16,17). The molecule has 0 heterocycles. The Hall–Kier alpha value is -2.36. The Balaban J connectivity index is 2.85. The first kappa shape index (κ1) is 11.1. The van der Waals surface area contributed by atoms with Crippen molar-refractivity contribution in [2.45, 2.75) is 6.92 Å². The number of aromatic carboxylic acids is 2. The van der Waals surface area contributed by atoms with Crippen molar-refractivity contribution in [1.29, 1.82) is 0 Å². The highest BCUT2D eigenvalue weighted by molar-refractivity contribution is 6.06. The monoisotopic (exact) mass is 230 g/mol. The predicted molar refractivity (Wildman–Crippen MR) is 62.6 cm³/mol. The van der Waals surface area contributed by atoms with Gasteiger partial charge in [-0.05, 0) is 41.5 Å². The van der Waals surface area contributed by atoms with Crippen LogP contribution in [-0.2, 0) is 0 Å². The van der Waals surface area contributed by atoms with E-state index in [0.717, 1.165) is 0 Å². The van der Waals surface area contributed by atoms with E-state index in [1.54, 1.807) is 19.1 Å². The summed E-state index contributed by atoms with van der Waals surface area (Å²) in [5.41, 5.74) is 1.01. The van der Waals surface area contributed by atoms with Crippen LogP contribution in [0, 0.1) is 6.92 Å². The zero-order valence-corrected chi connectivity index (χ0v) is 9.10. The summed E-state index contributed by atoms with van der Waals surface area (Å²) < 4.78 is 0. The van der Waals surface area contributed by atoms with Gasteiger partial charge in [-0.25, -0.2) is 9.59 Å². The van der Waals surface area contributed by atoms with Gasteiger partial charge >= 0.3 is 11.9 Å². The zero-order chi connectivity index (χ0) is 12.6. The molecule has 0 aliphatic heterocycles. The lowest BCUT2D eigenvalue weighted by Crippen LogP contribution is -2.01. The maximum atomic E-state index is 11.1. The van der Waals surface area contributed by atoms with Gasteiger partial charge in [0.05, 0.1) is 11.1 Å². The third kappa shape index (κ3) is 1.85. The molecule has 0 aliphatic rings. The summed E-state index contributed by atoms with van der Waals surface area (Å²) in [6, 6.07) is 7.80. The number of fused-ring (bicyclic) bond motifs is 1. The van der Waals surface area contributed by atoms with Gasteiger partial charge in [0.25, 0.3) is 0 Å². The van der Waals surface area contributed by atoms with E-state index in [4.69, 9.17) is 10.2 Å². The normalized spacial score (nSPS) is 10.4. The highest BCUT2D eigenvalue weighted by Crippen LogP contribution is 2.24. The number of aryl methyl sites for hydroxylation is 1. The third-order valence-electron chi connectivity index (χ3n) is 2.65. The van der Waals surface area contributed by atoms with E-state index >= 15 is 0 Å². The first-order valence-corrected chi connectivity index (χ1v) is 5.00. The molecule has 0 amide bonds. The topological polar surface area (TPSA) is 74.6 Å². The molecule has 4 nitrogen and oxygen atoms in total. The molecule has 4 heteroatoms. The second-order valence-corrected chi connectivity index (χ2v) is 3.81. The number of carboxylic acid groups (broad SMARTS) is 2. The molecule has 0 radical (unpaired) electrons. The van der Waals surface area contributed by atoms with Crippen LogP contribution in [0.25, 0.3) is 10.8 Å². The van der Waals surface area contributed by atoms with E-state index < -0.39 is 11.9 Å². The number of benzene rings is 2. The highest BCUT2D eigenvalue weighted by atomic mass is 16.4. The smallest absolute Gasteiger partial charge is 0.336 e. The first-order valence-electron chi connectivity index (χ1n) is 5.00. The number of hydrogen-bond donors (Lipinski definition) is 2. The van der Waals surface area contributed by atoms with E-state index in [9.17, 15) is 9.59 Å². The molecule has 0 fully saturated rings. The van der Waals surface area contributed by atoms with Crippen molar-refractivity contribution in [1.82, 2.24) is 0 Å². The largest absolute Gasteiger partial charge is 0.478 e. The lowest BCUT2D eigenvalue weighted by Gasteiger charge is -2.07. The molecule has 0 saturated carbocycles. The molecule has 2 aromatic carbocycles. The minimum Gasteiger partial charge on any atom is -0.478 e. The van der Waals surface area contributed by atoms with Crippen LogP contribution in [0.15, 0.2) is 30.3 Å². The summed E-state index contributed by atoms with van der Waals surface area (Å²) in [6.07, 6.45) is 0. The highest BCUT2D eigenvalue weighted by Gasteiger charge is 2.13. The SMILES string of the molecule is Cc1cc(C(=O)O)cc2cccc(C(=O)O)c12. The van der Waals surface area contributed by atoms with E-state index in [1.807, 2.05) is 0 Å². The summed E-state index contributed by atoms with van der Waals surface area (Å²) >= 11 is 0. The van der Waals surface area contributed by atoms with Gasteiger partial charge in [0, 0.05) is 0 Å². The van der Waals surface area contributed by atoms with Crippen molar-refractivity contribution in [3.05, 3.63) is 47.0 Å². The van der Waals surface area contributed by atoms with E-state index in [2.05, 4.69) is 0 Å². The van der Waals surface area contributed by atoms with Crippen molar-refractivity contribution in [2.24, 2.45) is 0 Å². The summed E-state index contributed by atoms with van der Waals surface area (Å²) in [5.74, 6) is -2.03. The molecular weight excluding hydrogens is 220 g/mol. The molecule has 0 atom stereocenters. The van der Waals surface area contributed by atoms with Crippen LogP contribution in [0.3, 0.4) is 0 Å². The van der Waals surface area contributed by atoms with Crippen LogP contribution in [-0.4, -0.2) is 22.2 Å². The number of carboxylic acids is 2. The van der Waals surface area contributed by atoms with Gasteiger partial charge in [0.2, 0.25) is 0 Å². The molecule has 0 saturated heterocycles. The van der Waals surface area contributed by atoms with E-state index in [-0.39, 0.29) is 11.1 Å². The van der Waals surface area contributed by atoms with Crippen LogP contribution in [0.2, 0.25) is 0 Å². The third-order valence-corrected chi connectivity index (χ3v) is 2.65. The maximum Gasteiger partial charge on any atom is 0.336 e. The first-order chi connectivity index (χ1) is 8.00. The molecule has 2 rings (SSSR count). The van der Waals surface area contributed by atoms with Crippen molar-refractivity contribution in [3.8, 4) is 0 Å². The fourth-order valence-electron chi connectivity index (χ4n) is 1.95. The Kier molecular flexibility index (Phi) is 2.55. The van der Waals surface area contributed by atoms with Crippen molar-refractivity contribution in [2.75, 3.05) is 0 Å². The molecule has 86 valence electrons. The Morgan fingerprint density at radius 1 is 1.06 bits per heavy atom. The van der Waals surface area contributed by atoms with Gasteiger partial charge in [0.15, 0.2) is 0 Å². The Morgan fingerprint density at radius 2 is 1.76 bits per heavy atom. The fraction of sp³-hybridized carbons (Fsp3) is 0.0769. The molecule has 0 aromatic heterocycles. The Labute approximate surface area is 97.1 Å². The minimum absolute atomic E-state index is 0.164. The van der Waals surface area contributed by atoms with E-state index in [0.29, 0.717) is 16.3 Å². The van der Waals surface area contributed by atoms with Gasteiger partial charge in [-0.1, -0.05) is 12.1 Å². The molecule has 17 heavy (non-hydrogen) atoms. The molecule has 0 bridgehead atoms. The summed E-state index contributed by atoms with van der Waals surface area (Å²) in [4.78, 5) is 22.0. The van der Waals surface area contributed by atoms with Gasteiger partial charge in [0.1, 0.15) is 0 Å². The number of carbonyl (C=O) groups is 2. The van der Waals surface area contributed by atoms with Gasteiger partial charge < -0.3 is 10.2 Å². The van der Waals surface area contributed by atoms with Crippen molar-refractivity contribution >= 4 is 22.7 Å². The molecule has 0 aliphatic carbocycles. The molecule has 2 aromatic rings. The van der Waals surface area contributed by atoms with Crippen LogP contribution in [0.4, 0.5) is 0 Å². The predicted octanol–water partition coefficient (Wildman–Crippen LogP) is 2.54. The van der Waals surface area contributed by atoms with Crippen LogP contribution >= 0.6 is 0 Å². The van der Waals surface area contributed by atoms with Gasteiger partial charge in [-0.2, -0.15) is 0 Å². The molecular formula is C13H10O4. The van der Waals surface area contributed by atoms with E-state index in [1.165, 1.54) is 18.2 Å². The van der Waals surface area contributed by atoms with Crippen LogP contribution in [0.1, 0.15) is 26.3 Å². The lowest BCUT2D eigenvalue weighted by atomic mass is 9.97. The lowest BCUT2D eigenvalue weighted by molar-refractivity contribution is 0.0688. The minimum atomic E-state index is -1.02. The van der Waals surface area contributed by atoms with Gasteiger partial charge in [-0.3, -0.25) is 0 Å².